The third-order valence-corrected chi connectivity index (χ3v) is 3.24. The molecule has 0 bridgehead atoms. The van der Waals surface area contributed by atoms with E-state index in [1.807, 2.05) is 25.2 Å². The largest absolute Gasteiger partial charge is 0.383 e. The zero-order chi connectivity index (χ0) is 15.1. The Labute approximate surface area is 124 Å². The molecular formula is C16H20N4O. The summed E-state index contributed by atoms with van der Waals surface area (Å²) in [7, 11) is 2.04. The number of nitrogens with one attached hydrogen (secondary N) is 1. The Morgan fingerprint density at radius 3 is 2.71 bits per heavy atom. The minimum atomic E-state index is -0.178. The number of hydrogen-bond donors (Lipinski definition) is 2. The number of carbonyl (C=O) groups excluding carboxylic acids is 1. The highest BCUT2D eigenvalue weighted by atomic mass is 16.1. The van der Waals surface area contributed by atoms with Crippen LogP contribution in [0, 0.1) is 0 Å². The van der Waals surface area contributed by atoms with E-state index in [9.17, 15) is 4.79 Å². The van der Waals surface area contributed by atoms with Gasteiger partial charge < -0.3 is 16.0 Å². The third kappa shape index (κ3) is 4.21. The lowest BCUT2D eigenvalue weighted by Gasteiger charge is -2.19. The van der Waals surface area contributed by atoms with E-state index >= 15 is 0 Å². The fourth-order valence-corrected chi connectivity index (χ4v) is 2.03. The van der Waals surface area contributed by atoms with Crippen LogP contribution in [0.5, 0.6) is 0 Å². The van der Waals surface area contributed by atoms with Crippen molar-refractivity contribution in [1.29, 1.82) is 0 Å². The van der Waals surface area contributed by atoms with Crippen molar-refractivity contribution < 1.29 is 4.79 Å². The quantitative estimate of drug-likeness (QED) is 0.795. The predicted octanol–water partition coefficient (Wildman–Crippen LogP) is 1.92. The first-order valence-corrected chi connectivity index (χ1v) is 6.93. The highest BCUT2D eigenvalue weighted by Gasteiger charge is 2.09. The second-order valence-corrected chi connectivity index (χ2v) is 4.80. The Morgan fingerprint density at radius 1 is 1.24 bits per heavy atom. The van der Waals surface area contributed by atoms with E-state index in [0.29, 0.717) is 12.1 Å². The third-order valence-electron chi connectivity index (χ3n) is 3.24. The molecule has 0 spiro atoms. The predicted molar refractivity (Wildman–Crippen MR) is 85.3 cm³/mol. The number of nitrogen functional groups attached to an aromatic ring is 1. The first-order chi connectivity index (χ1) is 10.2. The molecule has 0 atom stereocenters. The zero-order valence-corrected chi connectivity index (χ0v) is 12.1. The number of amides is 1. The fraction of sp³-hybridized carbons (Fsp3) is 0.250. The molecule has 0 radical (unpaired) electrons. The van der Waals surface area contributed by atoms with Gasteiger partial charge in [-0.1, -0.05) is 18.2 Å². The molecule has 1 aromatic carbocycles. The number of rotatable bonds is 6. The Kier molecular flexibility index (Phi) is 5.15. The van der Waals surface area contributed by atoms with Crippen molar-refractivity contribution in [1.82, 2.24) is 10.3 Å². The van der Waals surface area contributed by atoms with Gasteiger partial charge in [-0.05, 0) is 30.7 Å². The van der Waals surface area contributed by atoms with Crippen LogP contribution >= 0.6 is 0 Å². The maximum atomic E-state index is 11.9. The number of carbonyl (C=O) groups is 1. The maximum Gasteiger partial charge on any atom is 0.255 e. The molecule has 0 aliphatic heterocycles. The van der Waals surface area contributed by atoms with Crippen LogP contribution in [0.4, 0.5) is 11.5 Å². The molecule has 21 heavy (non-hydrogen) atoms. The number of aromatic nitrogens is 1. The first kappa shape index (κ1) is 14.8. The van der Waals surface area contributed by atoms with Gasteiger partial charge in [0.25, 0.3) is 5.91 Å². The van der Waals surface area contributed by atoms with Crippen molar-refractivity contribution in [2.45, 2.75) is 6.42 Å². The van der Waals surface area contributed by atoms with E-state index in [0.717, 1.165) is 13.0 Å². The molecule has 5 heteroatoms. The highest BCUT2D eigenvalue weighted by molar-refractivity contribution is 5.98. The number of benzene rings is 1. The Hall–Kier alpha value is -2.56. The number of nitrogens with zero attached hydrogens (tertiary/aromatic N) is 2. The van der Waals surface area contributed by atoms with Crippen LogP contribution in [0.25, 0.3) is 0 Å². The Bertz CT molecular complexity index is 586. The van der Waals surface area contributed by atoms with Gasteiger partial charge in [0.2, 0.25) is 0 Å². The number of pyridine rings is 1. The second-order valence-electron chi connectivity index (χ2n) is 4.80. The Morgan fingerprint density at radius 2 is 2.00 bits per heavy atom. The van der Waals surface area contributed by atoms with Crippen LogP contribution in [0.2, 0.25) is 0 Å². The fourth-order valence-electron chi connectivity index (χ4n) is 2.03. The molecule has 0 saturated carbocycles. The standard InChI is InChI=1S/C16H20N4O/c1-20(13-7-3-2-4-8-13)12-6-11-19-16(21)14-9-5-10-18-15(14)17/h2-5,7-10H,6,11-12H2,1H3,(H2,17,18)(H,19,21). The van der Waals surface area contributed by atoms with Crippen molar-refractivity contribution in [3.05, 3.63) is 54.2 Å². The monoisotopic (exact) mass is 284 g/mol. The summed E-state index contributed by atoms with van der Waals surface area (Å²) in [5.74, 6) is 0.0827. The first-order valence-electron chi connectivity index (χ1n) is 6.93. The summed E-state index contributed by atoms with van der Waals surface area (Å²) < 4.78 is 0. The summed E-state index contributed by atoms with van der Waals surface area (Å²) in [4.78, 5) is 18.0. The summed E-state index contributed by atoms with van der Waals surface area (Å²) in [6, 6.07) is 13.5. The minimum Gasteiger partial charge on any atom is -0.383 e. The van der Waals surface area contributed by atoms with Gasteiger partial charge in [0.15, 0.2) is 0 Å². The van der Waals surface area contributed by atoms with Crippen molar-refractivity contribution >= 4 is 17.4 Å². The molecule has 2 aromatic rings. The van der Waals surface area contributed by atoms with E-state index in [4.69, 9.17) is 5.73 Å². The molecule has 0 aliphatic carbocycles. The summed E-state index contributed by atoms with van der Waals surface area (Å²) in [5, 5.41) is 2.86. The van der Waals surface area contributed by atoms with Gasteiger partial charge in [0, 0.05) is 32.0 Å². The van der Waals surface area contributed by atoms with Gasteiger partial charge >= 0.3 is 0 Å². The number of anilines is 2. The average Bonchev–Trinajstić information content (AvgIpc) is 2.52. The highest BCUT2D eigenvalue weighted by Crippen LogP contribution is 2.11. The van der Waals surface area contributed by atoms with Crippen LogP contribution in [0.3, 0.4) is 0 Å². The molecule has 1 amide bonds. The van der Waals surface area contributed by atoms with Gasteiger partial charge in [-0.15, -0.1) is 0 Å². The lowest BCUT2D eigenvalue weighted by atomic mass is 10.2. The van der Waals surface area contributed by atoms with Crippen LogP contribution in [0.15, 0.2) is 48.7 Å². The lowest BCUT2D eigenvalue weighted by molar-refractivity contribution is 0.0954. The van der Waals surface area contributed by atoms with E-state index < -0.39 is 0 Å². The second kappa shape index (κ2) is 7.28. The molecule has 1 aromatic heterocycles. The molecule has 5 nitrogen and oxygen atoms in total. The van der Waals surface area contributed by atoms with Crippen molar-refractivity contribution in [3.8, 4) is 0 Å². The van der Waals surface area contributed by atoms with Gasteiger partial charge in [-0.3, -0.25) is 4.79 Å². The number of nitrogens with two attached hydrogens (primary N) is 1. The summed E-state index contributed by atoms with van der Waals surface area (Å²) in [6.45, 7) is 1.47. The van der Waals surface area contributed by atoms with Gasteiger partial charge in [-0.2, -0.15) is 0 Å². The molecule has 0 fully saturated rings. The van der Waals surface area contributed by atoms with Crippen LogP contribution in [-0.2, 0) is 0 Å². The van der Waals surface area contributed by atoms with Crippen LogP contribution in [0.1, 0.15) is 16.8 Å². The lowest BCUT2D eigenvalue weighted by Crippen LogP contribution is -2.28. The number of para-hydroxylation sites is 1. The van der Waals surface area contributed by atoms with Crippen LogP contribution < -0.4 is 16.0 Å². The normalized spacial score (nSPS) is 10.1. The summed E-state index contributed by atoms with van der Waals surface area (Å²) in [6.07, 6.45) is 2.43. The van der Waals surface area contributed by atoms with Crippen molar-refractivity contribution in [2.75, 3.05) is 30.8 Å². The van der Waals surface area contributed by atoms with E-state index in [1.165, 1.54) is 5.69 Å². The van der Waals surface area contributed by atoms with Gasteiger partial charge in [0.1, 0.15) is 5.82 Å². The van der Waals surface area contributed by atoms with Crippen molar-refractivity contribution in [3.63, 3.8) is 0 Å². The maximum absolute atomic E-state index is 11.9. The Balaban J connectivity index is 1.75. The van der Waals surface area contributed by atoms with E-state index in [1.54, 1.807) is 18.3 Å². The number of hydrogen-bond acceptors (Lipinski definition) is 4. The molecule has 0 aliphatic rings. The molecular weight excluding hydrogens is 264 g/mol. The summed E-state index contributed by atoms with van der Waals surface area (Å²) in [5.41, 5.74) is 7.26. The minimum absolute atomic E-state index is 0.178. The smallest absolute Gasteiger partial charge is 0.255 e. The van der Waals surface area contributed by atoms with E-state index in [2.05, 4.69) is 27.3 Å². The zero-order valence-electron chi connectivity index (χ0n) is 12.1. The SMILES string of the molecule is CN(CCCNC(=O)c1cccnc1N)c1ccccc1. The van der Waals surface area contributed by atoms with Crippen molar-refractivity contribution in [2.24, 2.45) is 0 Å². The van der Waals surface area contributed by atoms with E-state index in [-0.39, 0.29) is 11.7 Å². The molecule has 0 unspecified atom stereocenters. The van der Waals surface area contributed by atoms with Gasteiger partial charge in [0.05, 0.1) is 5.56 Å². The summed E-state index contributed by atoms with van der Waals surface area (Å²) >= 11 is 0. The molecule has 110 valence electrons. The topological polar surface area (TPSA) is 71.2 Å². The molecule has 2 rings (SSSR count). The van der Waals surface area contributed by atoms with Crippen LogP contribution in [-0.4, -0.2) is 31.0 Å². The molecule has 1 heterocycles. The molecule has 3 N–H and O–H groups in total. The molecule has 0 saturated heterocycles. The average molecular weight is 284 g/mol. The van der Waals surface area contributed by atoms with Gasteiger partial charge in [-0.25, -0.2) is 4.98 Å².